The van der Waals surface area contributed by atoms with E-state index in [1.54, 1.807) is 0 Å². The number of hydrogen-bond acceptors (Lipinski definition) is 6. The van der Waals surface area contributed by atoms with Gasteiger partial charge in [0.15, 0.2) is 9.84 Å². The van der Waals surface area contributed by atoms with Crippen LogP contribution in [-0.2, 0) is 9.84 Å². The molecule has 0 atom stereocenters. The van der Waals surface area contributed by atoms with Crippen molar-refractivity contribution in [3.05, 3.63) is 34.4 Å². The summed E-state index contributed by atoms with van der Waals surface area (Å²) in [5.74, 6) is 0.0185. The number of rotatable bonds is 5. The van der Waals surface area contributed by atoms with Crippen LogP contribution in [0, 0.1) is 10.1 Å². The van der Waals surface area contributed by atoms with E-state index in [2.05, 4.69) is 30.7 Å². The maximum Gasteiger partial charge on any atom is 0.269 e. The SMILES string of the molecule is CN1CCN(CCS(=O)(=O)c2ccc([N+](=O)[O-])cc2)CC1(C)C. The predicted molar refractivity (Wildman–Crippen MR) is 88.3 cm³/mol. The van der Waals surface area contributed by atoms with Crippen molar-refractivity contribution in [2.45, 2.75) is 24.3 Å². The third-order valence-corrected chi connectivity index (χ3v) is 6.19. The fraction of sp³-hybridized carbons (Fsp3) is 0.600. The molecule has 0 spiro atoms. The lowest BCUT2D eigenvalue weighted by molar-refractivity contribution is -0.384. The quantitative estimate of drug-likeness (QED) is 0.594. The lowest BCUT2D eigenvalue weighted by Gasteiger charge is -2.45. The summed E-state index contributed by atoms with van der Waals surface area (Å²) in [6, 6.07) is 5.07. The summed E-state index contributed by atoms with van der Waals surface area (Å²) < 4.78 is 24.7. The van der Waals surface area contributed by atoms with Gasteiger partial charge in [0.05, 0.1) is 15.6 Å². The van der Waals surface area contributed by atoms with Crippen LogP contribution in [0.15, 0.2) is 29.2 Å². The van der Waals surface area contributed by atoms with E-state index in [0.29, 0.717) is 6.54 Å². The van der Waals surface area contributed by atoms with Crippen molar-refractivity contribution < 1.29 is 13.3 Å². The van der Waals surface area contributed by atoms with Crippen LogP contribution in [-0.4, -0.2) is 67.7 Å². The highest BCUT2D eigenvalue weighted by molar-refractivity contribution is 7.91. The number of non-ortho nitro benzene ring substituents is 1. The molecule has 1 saturated heterocycles. The Labute approximate surface area is 137 Å². The van der Waals surface area contributed by atoms with E-state index in [1.807, 2.05) is 0 Å². The average Bonchev–Trinajstić information content (AvgIpc) is 2.48. The van der Waals surface area contributed by atoms with E-state index >= 15 is 0 Å². The summed E-state index contributed by atoms with van der Waals surface area (Å²) in [7, 11) is -1.36. The summed E-state index contributed by atoms with van der Waals surface area (Å²) >= 11 is 0. The molecule has 0 amide bonds. The smallest absolute Gasteiger partial charge is 0.269 e. The second-order valence-electron chi connectivity index (χ2n) is 6.58. The Morgan fingerprint density at radius 1 is 1.22 bits per heavy atom. The Kier molecular flexibility index (Phi) is 5.07. The van der Waals surface area contributed by atoms with E-state index in [9.17, 15) is 18.5 Å². The first kappa shape index (κ1) is 17.8. The van der Waals surface area contributed by atoms with Crippen molar-refractivity contribution in [2.24, 2.45) is 0 Å². The molecule has 8 heteroatoms. The minimum Gasteiger partial charge on any atom is -0.299 e. The first-order chi connectivity index (χ1) is 10.6. The van der Waals surface area contributed by atoms with Crippen LogP contribution in [0.3, 0.4) is 0 Å². The van der Waals surface area contributed by atoms with Gasteiger partial charge in [-0.05, 0) is 33.0 Å². The Morgan fingerprint density at radius 2 is 1.83 bits per heavy atom. The molecule has 1 aliphatic heterocycles. The average molecular weight is 341 g/mol. The topological polar surface area (TPSA) is 83.8 Å². The first-order valence-corrected chi connectivity index (χ1v) is 9.18. The fourth-order valence-electron chi connectivity index (χ4n) is 2.67. The van der Waals surface area contributed by atoms with E-state index in [1.165, 1.54) is 24.3 Å². The molecule has 0 saturated carbocycles. The Balaban J connectivity index is 2.00. The predicted octanol–water partition coefficient (Wildman–Crippen LogP) is 1.39. The lowest BCUT2D eigenvalue weighted by Crippen LogP contribution is -2.58. The lowest BCUT2D eigenvalue weighted by atomic mass is 10.00. The molecule has 0 radical (unpaired) electrons. The minimum atomic E-state index is -3.43. The summed E-state index contributed by atoms with van der Waals surface area (Å²) in [5.41, 5.74) is -0.0835. The molecule has 1 aromatic carbocycles. The van der Waals surface area contributed by atoms with Gasteiger partial charge in [-0.3, -0.25) is 19.9 Å². The first-order valence-electron chi connectivity index (χ1n) is 7.53. The van der Waals surface area contributed by atoms with Crippen molar-refractivity contribution in [1.29, 1.82) is 0 Å². The van der Waals surface area contributed by atoms with Gasteiger partial charge in [-0.2, -0.15) is 0 Å². The number of nitrogens with zero attached hydrogens (tertiary/aromatic N) is 3. The van der Waals surface area contributed by atoms with Crippen LogP contribution >= 0.6 is 0 Å². The fourth-order valence-corrected chi connectivity index (χ4v) is 3.96. The number of benzene rings is 1. The molecule has 1 heterocycles. The van der Waals surface area contributed by atoms with Crippen LogP contribution < -0.4 is 0 Å². The van der Waals surface area contributed by atoms with E-state index < -0.39 is 14.8 Å². The maximum atomic E-state index is 12.4. The second-order valence-corrected chi connectivity index (χ2v) is 8.69. The van der Waals surface area contributed by atoms with Crippen LogP contribution in [0.2, 0.25) is 0 Å². The zero-order valence-corrected chi connectivity index (χ0v) is 14.5. The molecule has 23 heavy (non-hydrogen) atoms. The third kappa shape index (κ3) is 4.27. The van der Waals surface area contributed by atoms with Gasteiger partial charge in [-0.15, -0.1) is 0 Å². The molecule has 0 bridgehead atoms. The van der Waals surface area contributed by atoms with Crippen molar-refractivity contribution in [1.82, 2.24) is 9.80 Å². The summed E-state index contributed by atoms with van der Waals surface area (Å²) in [4.78, 5) is 14.7. The molecule has 1 aliphatic rings. The number of likely N-dealkylation sites (N-methyl/N-ethyl adjacent to an activating group) is 1. The minimum absolute atomic E-state index is 0.0185. The third-order valence-electron chi connectivity index (χ3n) is 4.48. The van der Waals surface area contributed by atoms with Crippen molar-refractivity contribution in [2.75, 3.05) is 39.0 Å². The second kappa shape index (κ2) is 6.54. The molecule has 0 N–H and O–H groups in total. The molecule has 7 nitrogen and oxygen atoms in total. The number of nitro groups is 1. The van der Waals surface area contributed by atoms with Crippen LogP contribution in [0.5, 0.6) is 0 Å². The molecule has 2 rings (SSSR count). The van der Waals surface area contributed by atoms with Crippen molar-refractivity contribution >= 4 is 15.5 Å². The van der Waals surface area contributed by atoms with Gasteiger partial charge < -0.3 is 0 Å². The molecule has 1 fully saturated rings. The Morgan fingerprint density at radius 3 is 2.35 bits per heavy atom. The van der Waals surface area contributed by atoms with E-state index in [-0.39, 0.29) is 21.9 Å². The molecular weight excluding hydrogens is 318 g/mol. The molecule has 0 aliphatic carbocycles. The largest absolute Gasteiger partial charge is 0.299 e. The zero-order valence-electron chi connectivity index (χ0n) is 13.7. The van der Waals surface area contributed by atoms with E-state index in [4.69, 9.17) is 0 Å². The highest BCUT2D eigenvalue weighted by Gasteiger charge is 2.31. The zero-order chi connectivity index (χ0) is 17.3. The van der Waals surface area contributed by atoms with Gasteiger partial charge in [-0.1, -0.05) is 0 Å². The Bertz CT molecular complexity index is 670. The van der Waals surface area contributed by atoms with Gasteiger partial charge >= 0.3 is 0 Å². The maximum absolute atomic E-state index is 12.4. The van der Waals surface area contributed by atoms with Gasteiger partial charge in [0.25, 0.3) is 5.69 Å². The normalized spacial score (nSPS) is 19.6. The van der Waals surface area contributed by atoms with Gasteiger partial charge in [0, 0.05) is 43.9 Å². The van der Waals surface area contributed by atoms with Crippen LogP contribution in [0.4, 0.5) is 5.69 Å². The molecular formula is C15H23N3O4S. The summed E-state index contributed by atoms with van der Waals surface area (Å²) in [6.45, 7) is 7.32. The van der Waals surface area contributed by atoms with E-state index in [0.717, 1.165) is 19.6 Å². The summed E-state index contributed by atoms with van der Waals surface area (Å²) in [5, 5.41) is 10.6. The number of piperazine rings is 1. The van der Waals surface area contributed by atoms with Crippen LogP contribution in [0.1, 0.15) is 13.8 Å². The monoisotopic (exact) mass is 341 g/mol. The molecule has 128 valence electrons. The number of sulfone groups is 1. The van der Waals surface area contributed by atoms with Crippen molar-refractivity contribution in [3.8, 4) is 0 Å². The van der Waals surface area contributed by atoms with Gasteiger partial charge in [0.2, 0.25) is 0 Å². The van der Waals surface area contributed by atoms with Crippen LogP contribution in [0.25, 0.3) is 0 Å². The molecule has 0 aromatic heterocycles. The number of nitro benzene ring substituents is 1. The number of hydrogen-bond donors (Lipinski definition) is 0. The highest BCUT2D eigenvalue weighted by atomic mass is 32.2. The Hall–Kier alpha value is -1.51. The summed E-state index contributed by atoms with van der Waals surface area (Å²) in [6.07, 6.45) is 0. The van der Waals surface area contributed by atoms with Crippen molar-refractivity contribution in [3.63, 3.8) is 0 Å². The standard InChI is InChI=1S/C15H23N3O4S/c1-15(2)12-17(9-8-16(15)3)10-11-23(21,22)14-6-4-13(5-7-14)18(19)20/h4-7H,8-12H2,1-3H3. The molecule has 1 aromatic rings. The molecule has 0 unspecified atom stereocenters. The van der Waals surface area contributed by atoms with Gasteiger partial charge in [0.1, 0.15) is 0 Å². The highest BCUT2D eigenvalue weighted by Crippen LogP contribution is 2.20. The van der Waals surface area contributed by atoms with Gasteiger partial charge in [-0.25, -0.2) is 8.42 Å².